The minimum absolute atomic E-state index is 0.0573. The topological polar surface area (TPSA) is 37.5 Å². The zero-order valence-corrected chi connectivity index (χ0v) is 18.7. The molecule has 3 aliphatic rings. The van der Waals surface area contributed by atoms with Gasteiger partial charge in [-0.15, -0.1) is 10.9 Å². The average molecular weight is 437 g/mol. The maximum absolute atomic E-state index is 13.5. The van der Waals surface area contributed by atoms with Gasteiger partial charge in [-0.2, -0.15) is 0 Å². The van der Waals surface area contributed by atoms with Crippen molar-refractivity contribution in [3.63, 3.8) is 0 Å². The monoisotopic (exact) mass is 436 g/mol. The molecule has 6 rings (SSSR count). The molecular formula is C27H22N3OS+. The third-order valence-electron chi connectivity index (χ3n) is 6.24. The van der Waals surface area contributed by atoms with Crippen molar-refractivity contribution in [2.45, 2.75) is 6.92 Å². The van der Waals surface area contributed by atoms with E-state index in [1.54, 1.807) is 10.9 Å². The Balaban J connectivity index is 1.51. The van der Waals surface area contributed by atoms with Crippen molar-refractivity contribution in [3.8, 4) is 0 Å². The lowest BCUT2D eigenvalue weighted by molar-refractivity contribution is -0.345. The number of allylic oxidation sites excluding steroid dienone is 2. The highest BCUT2D eigenvalue weighted by atomic mass is 32.1. The Morgan fingerprint density at radius 2 is 1.78 bits per heavy atom. The summed E-state index contributed by atoms with van der Waals surface area (Å²) in [6.45, 7) is 2.66. The molecule has 3 heterocycles. The van der Waals surface area contributed by atoms with E-state index in [2.05, 4.69) is 96.0 Å². The number of fused-ring (bicyclic) bond motifs is 1. The molecule has 1 N–H and O–H groups in total. The molecular weight excluding hydrogens is 414 g/mol. The van der Waals surface area contributed by atoms with Crippen LogP contribution in [0.2, 0.25) is 0 Å². The van der Waals surface area contributed by atoms with Crippen LogP contribution in [-0.2, 0) is 4.79 Å². The molecule has 32 heavy (non-hydrogen) atoms. The summed E-state index contributed by atoms with van der Waals surface area (Å²) < 4.78 is 0. The first-order chi connectivity index (χ1) is 15.7. The van der Waals surface area contributed by atoms with E-state index in [-0.39, 0.29) is 5.91 Å². The van der Waals surface area contributed by atoms with Crippen LogP contribution in [0.3, 0.4) is 0 Å². The van der Waals surface area contributed by atoms with Crippen molar-refractivity contribution in [2.75, 3.05) is 18.5 Å². The standard InChI is InChI=1S/C27H21N3OS/c1-3-30-23(16-18-14-15-29(2)22-13-5-4-10-19(18)22)32-26(27(30)31)25-20-11-6-8-17-9-7-12-21(28-25)24(17)20/h4-16H,3H2,1-2H3/p+1. The van der Waals surface area contributed by atoms with Gasteiger partial charge in [0.05, 0.1) is 15.9 Å². The van der Waals surface area contributed by atoms with E-state index < -0.39 is 0 Å². The van der Waals surface area contributed by atoms with Gasteiger partial charge in [-0.25, -0.2) is 4.99 Å². The highest BCUT2D eigenvalue weighted by Gasteiger charge is 2.37. The van der Waals surface area contributed by atoms with Gasteiger partial charge in [0.1, 0.15) is 0 Å². The SMILES string of the molecule is CCN1C(=O)C(C2=[NH+]c3cccc4cccc2c34)=S=C1C=C1C=CN(C)c2ccccc21. The number of rotatable bonds is 3. The first-order valence-electron chi connectivity index (χ1n) is 10.8. The number of hydrogen-bond donors (Lipinski definition) is 1. The van der Waals surface area contributed by atoms with E-state index in [0.717, 1.165) is 38.1 Å². The Kier molecular flexibility index (Phi) is 4.26. The molecule has 0 spiro atoms. The molecule has 0 radical (unpaired) electrons. The van der Waals surface area contributed by atoms with Gasteiger partial charge in [0.15, 0.2) is 4.86 Å². The van der Waals surface area contributed by atoms with Gasteiger partial charge in [-0.1, -0.05) is 42.5 Å². The quantitative estimate of drug-likeness (QED) is 0.505. The summed E-state index contributed by atoms with van der Waals surface area (Å²) >= 11 is 0. The number of carbonyl (C=O) groups is 1. The molecule has 0 aliphatic carbocycles. The lowest BCUT2D eigenvalue weighted by Gasteiger charge is -2.24. The van der Waals surface area contributed by atoms with E-state index in [1.807, 2.05) is 11.8 Å². The second-order valence-electron chi connectivity index (χ2n) is 8.07. The van der Waals surface area contributed by atoms with Crippen molar-refractivity contribution in [2.24, 2.45) is 0 Å². The molecule has 0 saturated carbocycles. The Bertz CT molecular complexity index is 1480. The van der Waals surface area contributed by atoms with Crippen molar-refractivity contribution in [1.82, 2.24) is 4.90 Å². The molecule has 156 valence electrons. The first kappa shape index (κ1) is 19.0. The van der Waals surface area contributed by atoms with Gasteiger partial charge >= 0.3 is 0 Å². The lowest BCUT2D eigenvalue weighted by Crippen LogP contribution is -2.67. The van der Waals surface area contributed by atoms with Gasteiger partial charge in [-0.05, 0) is 42.2 Å². The van der Waals surface area contributed by atoms with Crippen LogP contribution in [0.25, 0.3) is 16.3 Å². The van der Waals surface area contributed by atoms with Crippen LogP contribution in [0.1, 0.15) is 18.1 Å². The third-order valence-corrected chi connectivity index (χ3v) is 7.37. The molecule has 5 heteroatoms. The van der Waals surface area contributed by atoms with E-state index in [9.17, 15) is 4.79 Å². The molecule has 3 aromatic carbocycles. The summed E-state index contributed by atoms with van der Waals surface area (Å²) in [6, 6.07) is 20.9. The fourth-order valence-corrected chi connectivity index (χ4v) is 5.85. The predicted molar refractivity (Wildman–Crippen MR) is 136 cm³/mol. The Hall–Kier alpha value is -3.70. The van der Waals surface area contributed by atoms with Crippen LogP contribution in [-0.4, -0.2) is 40.0 Å². The molecule has 4 nitrogen and oxygen atoms in total. The smallest absolute Gasteiger partial charge is 0.275 e. The number of amides is 1. The summed E-state index contributed by atoms with van der Waals surface area (Å²) in [4.78, 5) is 22.7. The summed E-state index contributed by atoms with van der Waals surface area (Å²) in [5, 5.41) is 2.37. The number of nitrogens with one attached hydrogen (secondary N) is 1. The number of likely N-dealkylation sites (N-methyl/N-ethyl adjacent to an activating group) is 1. The Morgan fingerprint density at radius 3 is 2.62 bits per heavy atom. The van der Waals surface area contributed by atoms with Gasteiger partial charge in [0, 0.05) is 37.1 Å². The van der Waals surface area contributed by atoms with Gasteiger partial charge in [0.2, 0.25) is 11.4 Å². The van der Waals surface area contributed by atoms with E-state index in [4.69, 9.17) is 0 Å². The minimum atomic E-state index is 0.0573. The van der Waals surface area contributed by atoms with Crippen LogP contribution < -0.4 is 9.89 Å². The number of benzene rings is 3. The van der Waals surface area contributed by atoms with Crippen LogP contribution in [0.4, 0.5) is 11.4 Å². The molecule has 0 aromatic heterocycles. The third kappa shape index (κ3) is 2.75. The highest BCUT2D eigenvalue weighted by molar-refractivity contribution is 8.01. The molecule has 3 aromatic rings. The summed E-state index contributed by atoms with van der Waals surface area (Å²) in [5.74, 6) is 0.0573. The molecule has 3 aliphatic heterocycles. The Morgan fingerprint density at radius 1 is 1.00 bits per heavy atom. The summed E-state index contributed by atoms with van der Waals surface area (Å²) in [7, 11) is 3.61. The number of anilines is 1. The summed E-state index contributed by atoms with van der Waals surface area (Å²) in [5.41, 5.74) is 6.53. The van der Waals surface area contributed by atoms with E-state index >= 15 is 0 Å². The summed E-state index contributed by atoms with van der Waals surface area (Å²) in [6.07, 6.45) is 6.33. The van der Waals surface area contributed by atoms with Gasteiger partial charge in [0.25, 0.3) is 5.91 Å². The minimum Gasteiger partial charge on any atom is -0.351 e. The number of carbonyl (C=O) groups excluding carboxylic acids is 1. The zero-order chi connectivity index (χ0) is 21.8. The number of nitrogens with zero attached hydrogens (tertiary/aromatic N) is 2. The molecule has 0 bridgehead atoms. The second kappa shape index (κ2) is 7.18. The fraction of sp³-hybridized carbons (Fsp3) is 0.111. The van der Waals surface area contributed by atoms with Crippen LogP contribution >= 0.6 is 10.9 Å². The van der Waals surface area contributed by atoms with Crippen LogP contribution in [0.5, 0.6) is 0 Å². The van der Waals surface area contributed by atoms with E-state index in [1.165, 1.54) is 16.3 Å². The highest BCUT2D eigenvalue weighted by Crippen LogP contribution is 2.33. The predicted octanol–water partition coefficient (Wildman–Crippen LogP) is 3.30. The number of hydrogen-bond acceptors (Lipinski definition) is 2. The molecule has 0 saturated heterocycles. The maximum Gasteiger partial charge on any atom is 0.275 e. The molecule has 0 unspecified atom stereocenters. The average Bonchev–Trinajstić information content (AvgIpc) is 3.34. The zero-order valence-electron chi connectivity index (χ0n) is 17.9. The van der Waals surface area contributed by atoms with Crippen LogP contribution in [0.15, 0.2) is 79.0 Å². The largest absolute Gasteiger partial charge is 0.351 e. The lowest BCUT2D eigenvalue weighted by atomic mass is 9.99. The van der Waals surface area contributed by atoms with E-state index in [0.29, 0.717) is 6.54 Å². The fourth-order valence-electron chi connectivity index (χ4n) is 4.67. The molecule has 0 atom stereocenters. The van der Waals surface area contributed by atoms with Crippen molar-refractivity contribution in [1.29, 1.82) is 0 Å². The molecule has 1 amide bonds. The maximum atomic E-state index is 13.5. The van der Waals surface area contributed by atoms with Crippen molar-refractivity contribution < 1.29 is 9.79 Å². The molecule has 0 fully saturated rings. The normalized spacial score (nSPS) is 18.0. The van der Waals surface area contributed by atoms with Crippen LogP contribution in [0, 0.1) is 0 Å². The first-order valence-corrected chi connectivity index (χ1v) is 11.6. The van der Waals surface area contributed by atoms with Gasteiger partial charge < -0.3 is 4.90 Å². The number of para-hydroxylation sites is 1. The van der Waals surface area contributed by atoms with Gasteiger partial charge in [-0.3, -0.25) is 9.69 Å². The second-order valence-corrected chi connectivity index (χ2v) is 9.10. The van der Waals surface area contributed by atoms with Crippen molar-refractivity contribution >= 4 is 60.1 Å². The van der Waals surface area contributed by atoms with Crippen molar-refractivity contribution in [3.05, 3.63) is 90.1 Å². The Labute approximate surface area is 190 Å².